The first-order valence-electron chi connectivity index (χ1n) is 14.6. The highest BCUT2D eigenvalue weighted by atomic mass is 16.5. The Morgan fingerprint density at radius 1 is 0.721 bits per heavy atom. The predicted octanol–water partition coefficient (Wildman–Crippen LogP) is 5.81. The number of fused-ring (bicyclic) bond motifs is 2. The Morgan fingerprint density at radius 2 is 1.37 bits per heavy atom. The smallest absolute Gasteiger partial charge is 0.169 e. The average molecular weight is 583 g/mol. The van der Waals surface area contributed by atoms with Gasteiger partial charge in [0.15, 0.2) is 34.5 Å². The molecule has 43 heavy (non-hydrogen) atoms. The molecule has 0 saturated heterocycles. The molecule has 8 heteroatoms. The fourth-order valence-electron chi connectivity index (χ4n) is 6.33. The van der Waals surface area contributed by atoms with Gasteiger partial charge in [-0.05, 0) is 121 Å². The van der Waals surface area contributed by atoms with Crippen LogP contribution >= 0.6 is 0 Å². The van der Waals surface area contributed by atoms with Gasteiger partial charge in [-0.3, -0.25) is 4.90 Å². The minimum atomic E-state index is 0.0806. The molecule has 0 aliphatic carbocycles. The van der Waals surface area contributed by atoms with E-state index in [-0.39, 0.29) is 29.3 Å². The zero-order chi connectivity index (χ0) is 30.1. The highest BCUT2D eigenvalue weighted by molar-refractivity contribution is 5.51. The SMILES string of the molecule is COc1cc2c(cc1O)CCN(C)[C@@H]2Cc1ccc(O)c(Oc2ccc(C[C@H]3NCCc4cc(O)c(OC)cc43)cc2)c1. The van der Waals surface area contributed by atoms with Gasteiger partial charge in [-0.25, -0.2) is 0 Å². The number of rotatable bonds is 8. The Kier molecular flexibility index (Phi) is 8.06. The van der Waals surface area contributed by atoms with Crippen LogP contribution in [-0.2, 0) is 25.7 Å². The maximum atomic E-state index is 10.6. The van der Waals surface area contributed by atoms with E-state index in [9.17, 15) is 15.3 Å². The second-order valence-electron chi connectivity index (χ2n) is 11.4. The molecular weight excluding hydrogens is 544 g/mol. The number of methoxy groups -OCH3 is 2. The van der Waals surface area contributed by atoms with Crippen molar-refractivity contribution < 1.29 is 29.5 Å². The van der Waals surface area contributed by atoms with E-state index in [0.29, 0.717) is 29.4 Å². The number of aromatic hydroxyl groups is 3. The summed E-state index contributed by atoms with van der Waals surface area (Å²) < 4.78 is 16.9. The van der Waals surface area contributed by atoms with Gasteiger partial charge in [0.1, 0.15) is 5.75 Å². The Bertz CT molecular complexity index is 1620. The standard InChI is InChI=1S/C35H38N2O6/c1-37-13-11-24-18-32(40)34(42-3)20-27(24)29(37)15-22-6-9-30(38)35(16-22)43-25-7-4-21(5-8-25)14-28-26-19-33(41-2)31(39)17-23(26)10-12-36-28/h4-9,16-20,28-29,36,38-40H,10-15H2,1-3H3/t28-,29-/m1/s1. The van der Waals surface area contributed by atoms with E-state index in [0.717, 1.165) is 65.7 Å². The molecule has 224 valence electrons. The summed E-state index contributed by atoms with van der Waals surface area (Å²) in [5.41, 5.74) is 6.72. The van der Waals surface area contributed by atoms with Crippen LogP contribution in [0, 0.1) is 0 Å². The number of ether oxygens (including phenoxy) is 3. The number of hydrogen-bond acceptors (Lipinski definition) is 8. The second kappa shape index (κ2) is 12.1. The number of nitrogens with one attached hydrogen (secondary N) is 1. The molecule has 4 aromatic carbocycles. The van der Waals surface area contributed by atoms with Crippen LogP contribution in [0.15, 0.2) is 66.7 Å². The van der Waals surface area contributed by atoms with Crippen LogP contribution in [0.5, 0.6) is 40.2 Å². The van der Waals surface area contributed by atoms with Crippen molar-refractivity contribution >= 4 is 0 Å². The number of phenols is 3. The van der Waals surface area contributed by atoms with Crippen LogP contribution in [-0.4, -0.2) is 54.6 Å². The van der Waals surface area contributed by atoms with E-state index >= 15 is 0 Å². The fraction of sp³-hybridized carbons (Fsp3) is 0.314. The van der Waals surface area contributed by atoms with Crippen LogP contribution in [0.25, 0.3) is 0 Å². The van der Waals surface area contributed by atoms with Crippen molar-refractivity contribution in [1.29, 1.82) is 0 Å². The maximum Gasteiger partial charge on any atom is 0.169 e. The first kappa shape index (κ1) is 28.7. The van der Waals surface area contributed by atoms with Gasteiger partial charge in [-0.1, -0.05) is 18.2 Å². The summed E-state index contributed by atoms with van der Waals surface area (Å²) in [7, 11) is 5.24. The van der Waals surface area contributed by atoms with Crippen molar-refractivity contribution in [3.63, 3.8) is 0 Å². The Balaban J connectivity index is 1.17. The van der Waals surface area contributed by atoms with Crippen LogP contribution in [0.3, 0.4) is 0 Å². The molecule has 0 spiro atoms. The van der Waals surface area contributed by atoms with Crippen LogP contribution in [0.4, 0.5) is 0 Å². The van der Waals surface area contributed by atoms with Gasteiger partial charge in [0.25, 0.3) is 0 Å². The molecule has 0 saturated carbocycles. The molecular formula is C35H38N2O6. The quantitative estimate of drug-likeness (QED) is 0.206. The molecule has 2 aliphatic heterocycles. The summed E-state index contributed by atoms with van der Waals surface area (Å²) >= 11 is 0. The third-order valence-electron chi connectivity index (χ3n) is 8.71. The molecule has 0 radical (unpaired) electrons. The van der Waals surface area contributed by atoms with E-state index in [1.807, 2.05) is 60.7 Å². The first-order valence-corrected chi connectivity index (χ1v) is 14.6. The monoisotopic (exact) mass is 582 g/mol. The molecule has 6 rings (SSSR count). The molecule has 4 aromatic rings. The van der Waals surface area contributed by atoms with Crippen molar-refractivity contribution in [2.24, 2.45) is 0 Å². The first-order chi connectivity index (χ1) is 20.8. The van der Waals surface area contributed by atoms with Gasteiger partial charge in [-0.15, -0.1) is 0 Å². The highest BCUT2D eigenvalue weighted by Crippen LogP contribution is 2.40. The number of nitrogens with zero attached hydrogens (tertiary/aromatic N) is 1. The minimum absolute atomic E-state index is 0.0806. The predicted molar refractivity (Wildman–Crippen MR) is 165 cm³/mol. The van der Waals surface area contributed by atoms with E-state index < -0.39 is 0 Å². The van der Waals surface area contributed by atoms with E-state index in [4.69, 9.17) is 14.2 Å². The number of phenolic OH excluding ortho intramolecular Hbond substituents is 3. The van der Waals surface area contributed by atoms with Gasteiger partial charge in [0, 0.05) is 18.6 Å². The molecule has 8 nitrogen and oxygen atoms in total. The van der Waals surface area contributed by atoms with Crippen molar-refractivity contribution in [2.45, 2.75) is 37.8 Å². The van der Waals surface area contributed by atoms with Crippen LogP contribution in [0.1, 0.15) is 45.5 Å². The largest absolute Gasteiger partial charge is 0.504 e. The third-order valence-corrected chi connectivity index (χ3v) is 8.71. The molecule has 0 amide bonds. The number of benzene rings is 4. The van der Waals surface area contributed by atoms with Gasteiger partial charge >= 0.3 is 0 Å². The minimum Gasteiger partial charge on any atom is -0.504 e. The summed E-state index contributed by atoms with van der Waals surface area (Å²) in [4.78, 5) is 2.31. The fourth-order valence-corrected chi connectivity index (χ4v) is 6.33. The molecule has 2 aliphatic rings. The van der Waals surface area contributed by atoms with Crippen LogP contribution < -0.4 is 19.5 Å². The second-order valence-corrected chi connectivity index (χ2v) is 11.4. The van der Waals surface area contributed by atoms with Gasteiger partial charge in [0.2, 0.25) is 0 Å². The summed E-state index contributed by atoms with van der Waals surface area (Å²) in [5.74, 6) is 2.42. The number of hydrogen-bond donors (Lipinski definition) is 4. The third kappa shape index (κ3) is 5.94. The van der Waals surface area contributed by atoms with E-state index in [2.05, 4.69) is 17.3 Å². The van der Waals surface area contributed by atoms with E-state index in [1.165, 1.54) is 0 Å². The molecule has 0 fully saturated rings. The van der Waals surface area contributed by atoms with Crippen molar-refractivity contribution in [3.05, 3.63) is 100 Å². The summed E-state index contributed by atoms with van der Waals surface area (Å²) in [5, 5.41) is 34.7. The molecule has 0 bridgehead atoms. The normalized spacial score (nSPS) is 18.0. The highest BCUT2D eigenvalue weighted by Gasteiger charge is 2.27. The lowest BCUT2D eigenvalue weighted by molar-refractivity contribution is 0.228. The Morgan fingerprint density at radius 3 is 2.07 bits per heavy atom. The lowest BCUT2D eigenvalue weighted by Gasteiger charge is -2.35. The molecule has 4 N–H and O–H groups in total. The Hall–Kier alpha value is -4.40. The zero-order valence-corrected chi connectivity index (χ0v) is 24.8. The summed E-state index contributed by atoms with van der Waals surface area (Å²) in [6, 6.07) is 21.1. The van der Waals surface area contributed by atoms with Crippen molar-refractivity contribution in [3.8, 4) is 40.2 Å². The van der Waals surface area contributed by atoms with Gasteiger partial charge in [-0.2, -0.15) is 0 Å². The average Bonchev–Trinajstić information content (AvgIpc) is 3.00. The van der Waals surface area contributed by atoms with Crippen molar-refractivity contribution in [2.75, 3.05) is 34.4 Å². The lowest BCUT2D eigenvalue weighted by atomic mass is 9.88. The summed E-state index contributed by atoms with van der Waals surface area (Å²) in [6.07, 6.45) is 3.22. The maximum absolute atomic E-state index is 10.6. The van der Waals surface area contributed by atoms with Crippen molar-refractivity contribution in [1.82, 2.24) is 10.2 Å². The zero-order valence-electron chi connectivity index (χ0n) is 24.8. The Labute approximate surface area is 252 Å². The molecule has 0 aromatic heterocycles. The van der Waals surface area contributed by atoms with Gasteiger partial charge < -0.3 is 34.8 Å². The number of likely N-dealkylation sites (N-methyl/N-ethyl adjacent to an activating group) is 1. The lowest BCUT2D eigenvalue weighted by Crippen LogP contribution is -2.33. The summed E-state index contributed by atoms with van der Waals surface area (Å²) in [6.45, 7) is 1.73. The molecule has 2 atom stereocenters. The topological polar surface area (TPSA) is 104 Å². The van der Waals surface area contributed by atoms with Crippen LogP contribution in [0.2, 0.25) is 0 Å². The van der Waals surface area contributed by atoms with E-state index in [1.54, 1.807) is 20.3 Å². The van der Waals surface area contributed by atoms with Gasteiger partial charge in [0.05, 0.1) is 14.2 Å². The molecule has 2 heterocycles. The molecule has 0 unspecified atom stereocenters.